The number of rotatable bonds is 5. The van der Waals surface area contributed by atoms with Crippen molar-refractivity contribution in [2.45, 2.75) is 25.8 Å². The average Bonchev–Trinajstić information content (AvgIpc) is 3.16. The van der Waals surface area contributed by atoms with E-state index in [1.165, 1.54) is 4.90 Å². The van der Waals surface area contributed by atoms with Crippen molar-refractivity contribution in [3.05, 3.63) is 0 Å². The molecule has 1 fully saturated rings. The molecule has 18 heavy (non-hydrogen) atoms. The fraction of sp³-hybridized carbons (Fsp3) is 0.636. The highest BCUT2D eigenvalue weighted by molar-refractivity contribution is 6.35. The third kappa shape index (κ3) is 4.05. The maximum absolute atomic E-state index is 11.8. The van der Waals surface area contributed by atoms with Gasteiger partial charge in [-0.25, -0.2) is 0 Å². The van der Waals surface area contributed by atoms with Gasteiger partial charge < -0.3 is 15.0 Å². The summed E-state index contributed by atoms with van der Waals surface area (Å²) in [5, 5.41) is 10.5. The smallest absolute Gasteiger partial charge is 0.325 e. The highest BCUT2D eigenvalue weighted by Crippen LogP contribution is 2.26. The average molecular weight is 253 g/mol. The van der Waals surface area contributed by atoms with Gasteiger partial charge in [-0.15, -0.1) is 0 Å². The van der Waals surface area contributed by atoms with E-state index in [-0.39, 0.29) is 25.7 Å². The van der Waals surface area contributed by atoms with Crippen LogP contribution in [0.15, 0.2) is 0 Å². The number of esters is 1. The van der Waals surface area contributed by atoms with Gasteiger partial charge in [0.2, 0.25) is 0 Å². The molecule has 1 aliphatic rings. The Labute approximate surface area is 105 Å². The summed E-state index contributed by atoms with van der Waals surface area (Å²) in [7, 11) is 0. The standard InChI is InChI=1S/C11H15N3O4/c1-2-18-9(15)7-14(8-3-4-8)11(17)10(16)13-6-5-12/h8H,2-4,6-7H2,1H3,(H,13,16). The zero-order valence-electron chi connectivity index (χ0n) is 10.1. The molecule has 0 saturated heterocycles. The van der Waals surface area contributed by atoms with E-state index in [0.29, 0.717) is 0 Å². The van der Waals surface area contributed by atoms with Crippen LogP contribution in [0.1, 0.15) is 19.8 Å². The SMILES string of the molecule is CCOC(=O)CN(C(=O)C(=O)NCC#N)C1CC1. The predicted octanol–water partition coefficient (Wildman–Crippen LogP) is -0.820. The predicted molar refractivity (Wildman–Crippen MR) is 60.0 cm³/mol. The molecule has 1 aliphatic carbocycles. The normalized spacial score (nSPS) is 13.3. The molecule has 0 aromatic carbocycles. The molecule has 0 heterocycles. The van der Waals surface area contributed by atoms with Crippen molar-refractivity contribution in [3.63, 3.8) is 0 Å². The molecule has 1 N–H and O–H groups in total. The minimum atomic E-state index is -0.868. The van der Waals surface area contributed by atoms with Gasteiger partial charge in [0.25, 0.3) is 0 Å². The molecular weight excluding hydrogens is 238 g/mol. The van der Waals surface area contributed by atoms with Gasteiger partial charge in [-0.2, -0.15) is 5.26 Å². The Morgan fingerprint density at radius 3 is 2.61 bits per heavy atom. The summed E-state index contributed by atoms with van der Waals surface area (Å²) in [6.45, 7) is 1.44. The molecule has 0 atom stereocenters. The lowest BCUT2D eigenvalue weighted by molar-refractivity contribution is -0.152. The van der Waals surface area contributed by atoms with Gasteiger partial charge in [-0.3, -0.25) is 14.4 Å². The van der Waals surface area contributed by atoms with Crippen molar-refractivity contribution < 1.29 is 19.1 Å². The number of ether oxygens (including phenoxy) is 1. The van der Waals surface area contributed by atoms with Crippen LogP contribution in [0.3, 0.4) is 0 Å². The van der Waals surface area contributed by atoms with Gasteiger partial charge in [0.1, 0.15) is 13.1 Å². The molecular formula is C11H15N3O4. The molecule has 0 radical (unpaired) electrons. The lowest BCUT2D eigenvalue weighted by Crippen LogP contribution is -2.46. The minimum absolute atomic E-state index is 0.0743. The molecule has 7 nitrogen and oxygen atoms in total. The summed E-state index contributed by atoms with van der Waals surface area (Å²) < 4.78 is 4.74. The van der Waals surface area contributed by atoms with Crippen LogP contribution in [0, 0.1) is 11.3 Å². The number of nitrogens with one attached hydrogen (secondary N) is 1. The first-order valence-corrected chi connectivity index (χ1v) is 5.71. The summed E-state index contributed by atoms with van der Waals surface area (Å²) in [5.74, 6) is -2.20. The molecule has 7 heteroatoms. The van der Waals surface area contributed by atoms with Crippen LogP contribution in [-0.2, 0) is 19.1 Å². The van der Waals surface area contributed by atoms with Crippen molar-refractivity contribution in [2.75, 3.05) is 19.7 Å². The molecule has 0 aliphatic heterocycles. The molecule has 0 spiro atoms. The minimum Gasteiger partial charge on any atom is -0.465 e. The summed E-state index contributed by atoms with van der Waals surface area (Å²) in [6.07, 6.45) is 1.55. The second kappa shape index (κ2) is 6.59. The van der Waals surface area contributed by atoms with Crippen LogP contribution in [0.2, 0.25) is 0 Å². The molecule has 2 amide bonds. The van der Waals surface area contributed by atoms with Crippen LogP contribution < -0.4 is 5.32 Å². The first-order valence-electron chi connectivity index (χ1n) is 5.71. The number of carbonyl (C=O) groups is 3. The molecule has 0 unspecified atom stereocenters. The third-order valence-corrected chi connectivity index (χ3v) is 2.38. The van der Waals surface area contributed by atoms with Crippen LogP contribution in [0.5, 0.6) is 0 Å². The zero-order chi connectivity index (χ0) is 13.5. The Morgan fingerprint density at radius 1 is 1.44 bits per heavy atom. The third-order valence-electron chi connectivity index (χ3n) is 2.38. The summed E-state index contributed by atoms with van der Waals surface area (Å²) in [4.78, 5) is 35.7. The van der Waals surface area contributed by atoms with E-state index in [2.05, 4.69) is 5.32 Å². The number of nitriles is 1. The summed E-state index contributed by atoms with van der Waals surface area (Å²) >= 11 is 0. The van der Waals surface area contributed by atoms with E-state index in [9.17, 15) is 14.4 Å². The van der Waals surface area contributed by atoms with Gasteiger partial charge in [0.15, 0.2) is 0 Å². The first kappa shape index (κ1) is 14.0. The molecule has 1 rings (SSSR count). The van der Waals surface area contributed by atoms with Crippen molar-refractivity contribution in [2.24, 2.45) is 0 Å². The fourth-order valence-corrected chi connectivity index (χ4v) is 1.42. The Morgan fingerprint density at radius 2 is 2.11 bits per heavy atom. The van der Waals surface area contributed by atoms with Crippen LogP contribution in [0.25, 0.3) is 0 Å². The van der Waals surface area contributed by atoms with Crippen molar-refractivity contribution >= 4 is 17.8 Å². The monoisotopic (exact) mass is 253 g/mol. The van der Waals surface area contributed by atoms with Crippen LogP contribution in [0.4, 0.5) is 0 Å². The molecule has 0 aromatic rings. The van der Waals surface area contributed by atoms with Gasteiger partial charge in [0.05, 0.1) is 12.7 Å². The lowest BCUT2D eigenvalue weighted by Gasteiger charge is -2.20. The molecule has 1 saturated carbocycles. The molecule has 0 aromatic heterocycles. The van der Waals surface area contributed by atoms with Gasteiger partial charge in [-0.1, -0.05) is 0 Å². The lowest BCUT2D eigenvalue weighted by atomic mass is 10.4. The topological polar surface area (TPSA) is 99.5 Å². The summed E-state index contributed by atoms with van der Waals surface area (Å²) in [5.41, 5.74) is 0. The van der Waals surface area contributed by atoms with Crippen molar-refractivity contribution in [1.29, 1.82) is 5.26 Å². The van der Waals surface area contributed by atoms with Crippen molar-refractivity contribution in [1.82, 2.24) is 10.2 Å². The zero-order valence-corrected chi connectivity index (χ0v) is 10.1. The quantitative estimate of drug-likeness (QED) is 0.392. The van der Waals surface area contributed by atoms with E-state index in [1.807, 2.05) is 0 Å². The Bertz CT molecular complexity index is 384. The fourth-order valence-electron chi connectivity index (χ4n) is 1.42. The number of hydrogen-bond acceptors (Lipinski definition) is 5. The molecule has 98 valence electrons. The van der Waals surface area contributed by atoms with Crippen molar-refractivity contribution in [3.8, 4) is 6.07 Å². The van der Waals surface area contributed by atoms with E-state index < -0.39 is 17.8 Å². The Hall–Kier alpha value is -2.10. The second-order valence-electron chi connectivity index (χ2n) is 3.81. The van der Waals surface area contributed by atoms with E-state index in [4.69, 9.17) is 10.00 Å². The first-order chi connectivity index (χ1) is 8.60. The van der Waals surface area contributed by atoms with E-state index in [1.54, 1.807) is 13.0 Å². The highest BCUT2D eigenvalue weighted by atomic mass is 16.5. The number of hydrogen-bond donors (Lipinski definition) is 1. The maximum Gasteiger partial charge on any atom is 0.325 e. The van der Waals surface area contributed by atoms with E-state index >= 15 is 0 Å². The number of amides is 2. The second-order valence-corrected chi connectivity index (χ2v) is 3.81. The number of nitrogens with zero attached hydrogens (tertiary/aromatic N) is 2. The van der Waals surface area contributed by atoms with Crippen LogP contribution >= 0.6 is 0 Å². The van der Waals surface area contributed by atoms with E-state index in [0.717, 1.165) is 12.8 Å². The van der Waals surface area contributed by atoms with Gasteiger partial charge in [0, 0.05) is 6.04 Å². The number of carbonyl (C=O) groups excluding carboxylic acids is 3. The van der Waals surface area contributed by atoms with Gasteiger partial charge >= 0.3 is 17.8 Å². The van der Waals surface area contributed by atoms with Crippen LogP contribution in [-0.4, -0.2) is 48.4 Å². The Balaban J connectivity index is 2.56. The largest absolute Gasteiger partial charge is 0.465 e. The maximum atomic E-state index is 11.8. The Kier molecular flexibility index (Phi) is 5.11. The molecule has 0 bridgehead atoms. The highest BCUT2D eigenvalue weighted by Gasteiger charge is 2.36. The summed E-state index contributed by atoms with van der Waals surface area (Å²) in [6, 6.07) is 1.63. The van der Waals surface area contributed by atoms with Gasteiger partial charge in [-0.05, 0) is 19.8 Å².